The molecule has 0 spiro atoms. The minimum atomic E-state index is 0.0813. The van der Waals surface area contributed by atoms with Crippen LogP contribution in [0.1, 0.15) is 32.1 Å². The molecule has 0 aliphatic heterocycles. The Morgan fingerprint density at radius 2 is 1.88 bits per heavy atom. The van der Waals surface area contributed by atoms with Gasteiger partial charge in [0.1, 0.15) is 11.2 Å². The summed E-state index contributed by atoms with van der Waals surface area (Å²) in [5.74, 6) is 0.797. The molecule has 0 radical (unpaired) electrons. The Morgan fingerprint density at radius 3 is 2.76 bits per heavy atom. The maximum atomic E-state index is 12.7. The van der Waals surface area contributed by atoms with Crippen LogP contribution >= 0.6 is 0 Å². The van der Waals surface area contributed by atoms with Crippen molar-refractivity contribution in [3.05, 3.63) is 49.1 Å². The first-order valence-electron chi connectivity index (χ1n) is 11.2. The summed E-state index contributed by atoms with van der Waals surface area (Å²) in [6, 6.07) is 7.69. The van der Waals surface area contributed by atoms with Crippen molar-refractivity contribution in [2.45, 2.75) is 32.1 Å². The van der Waals surface area contributed by atoms with Gasteiger partial charge < -0.3 is 10.3 Å². The summed E-state index contributed by atoms with van der Waals surface area (Å²) in [5, 5.41) is 11.3. The van der Waals surface area contributed by atoms with Crippen molar-refractivity contribution in [3.63, 3.8) is 0 Å². The molecule has 164 valence electrons. The molecule has 1 aliphatic carbocycles. The van der Waals surface area contributed by atoms with Crippen molar-refractivity contribution in [2.24, 2.45) is 5.92 Å². The summed E-state index contributed by atoms with van der Waals surface area (Å²) in [6.07, 6.45) is 12.3. The summed E-state index contributed by atoms with van der Waals surface area (Å²) in [6.45, 7) is 0. The lowest BCUT2D eigenvalue weighted by molar-refractivity contribution is -0.120. The summed E-state index contributed by atoms with van der Waals surface area (Å²) in [7, 11) is 0. The van der Waals surface area contributed by atoms with E-state index in [0.29, 0.717) is 28.5 Å². The van der Waals surface area contributed by atoms with Crippen LogP contribution in [0.25, 0.3) is 44.8 Å². The number of aromatic amines is 2. The van der Waals surface area contributed by atoms with Gasteiger partial charge in [-0.1, -0.05) is 19.3 Å². The molecule has 1 aliphatic rings. The molecule has 0 aromatic carbocycles. The van der Waals surface area contributed by atoms with Gasteiger partial charge in [0.2, 0.25) is 5.91 Å². The molecule has 5 aromatic heterocycles. The van der Waals surface area contributed by atoms with Crippen molar-refractivity contribution in [2.75, 3.05) is 5.32 Å². The first-order valence-corrected chi connectivity index (χ1v) is 11.2. The molecular weight excluding hydrogens is 416 g/mol. The van der Waals surface area contributed by atoms with Crippen molar-refractivity contribution in [3.8, 4) is 22.6 Å². The Bertz CT molecular complexity index is 1430. The average Bonchev–Trinajstić information content (AvgIpc) is 3.48. The zero-order valence-corrected chi connectivity index (χ0v) is 17.9. The van der Waals surface area contributed by atoms with E-state index < -0.39 is 0 Å². The zero-order chi connectivity index (χ0) is 22.2. The first kappa shape index (κ1) is 19.5. The molecule has 0 unspecified atom stereocenters. The van der Waals surface area contributed by atoms with E-state index in [-0.39, 0.29) is 11.8 Å². The van der Waals surface area contributed by atoms with Gasteiger partial charge in [-0.25, -0.2) is 15.0 Å². The number of hydrogen-bond acceptors (Lipinski definition) is 6. The van der Waals surface area contributed by atoms with E-state index in [2.05, 4.69) is 40.4 Å². The predicted molar refractivity (Wildman–Crippen MR) is 125 cm³/mol. The average molecular weight is 438 g/mol. The smallest absolute Gasteiger partial charge is 0.227 e. The summed E-state index contributed by atoms with van der Waals surface area (Å²) >= 11 is 0. The van der Waals surface area contributed by atoms with Gasteiger partial charge in [0.25, 0.3) is 0 Å². The molecule has 0 atom stereocenters. The molecule has 1 amide bonds. The Kier molecular flexibility index (Phi) is 4.79. The lowest BCUT2D eigenvalue weighted by Gasteiger charge is -2.20. The molecule has 3 N–H and O–H groups in total. The fourth-order valence-corrected chi connectivity index (χ4v) is 4.47. The van der Waals surface area contributed by atoms with Crippen molar-refractivity contribution < 1.29 is 4.79 Å². The standard InChI is InChI=1S/C24H22N8O/c33-24(14-5-2-1-3-6-14)28-17-9-15(11-25-13-17)16-10-18-20(31-32-21(18)27-12-16)23-29-19-7-4-8-26-22(19)30-23/h4,7-14H,1-3,5-6H2,(H,28,33)(H,26,29,30)(H,27,31,32). The normalized spacial score (nSPS) is 14.7. The van der Waals surface area contributed by atoms with E-state index in [1.165, 1.54) is 6.42 Å². The number of nitrogens with one attached hydrogen (secondary N) is 3. The molecule has 33 heavy (non-hydrogen) atoms. The number of carbonyl (C=O) groups excluding carboxylic acids is 1. The molecule has 5 heterocycles. The van der Waals surface area contributed by atoms with Crippen LogP contribution in [0.3, 0.4) is 0 Å². The predicted octanol–water partition coefficient (Wildman–Crippen LogP) is 4.48. The van der Waals surface area contributed by atoms with Crippen molar-refractivity contribution in [1.82, 2.24) is 35.1 Å². The van der Waals surface area contributed by atoms with Gasteiger partial charge in [-0.2, -0.15) is 5.10 Å². The summed E-state index contributed by atoms with van der Waals surface area (Å²) < 4.78 is 0. The number of H-pyrrole nitrogens is 2. The second kappa shape index (κ2) is 8.09. The third-order valence-electron chi connectivity index (χ3n) is 6.21. The fourth-order valence-electron chi connectivity index (χ4n) is 4.47. The van der Waals surface area contributed by atoms with E-state index in [9.17, 15) is 4.79 Å². The maximum Gasteiger partial charge on any atom is 0.227 e. The third-order valence-corrected chi connectivity index (χ3v) is 6.21. The van der Waals surface area contributed by atoms with Crippen LogP contribution < -0.4 is 5.32 Å². The molecule has 5 aromatic rings. The zero-order valence-electron chi connectivity index (χ0n) is 17.9. The Balaban J connectivity index is 1.32. The molecule has 9 nitrogen and oxygen atoms in total. The van der Waals surface area contributed by atoms with Gasteiger partial charge in [0, 0.05) is 35.6 Å². The van der Waals surface area contributed by atoms with E-state index in [4.69, 9.17) is 0 Å². The molecule has 9 heteroatoms. The van der Waals surface area contributed by atoms with Crippen LogP contribution in [-0.4, -0.2) is 41.0 Å². The largest absolute Gasteiger partial charge is 0.324 e. The Hall–Kier alpha value is -4.14. The van der Waals surface area contributed by atoms with Crippen LogP contribution in [-0.2, 0) is 4.79 Å². The van der Waals surface area contributed by atoms with Crippen LogP contribution in [0.4, 0.5) is 5.69 Å². The number of rotatable bonds is 4. The second-order valence-corrected chi connectivity index (χ2v) is 8.44. The van der Waals surface area contributed by atoms with Crippen molar-refractivity contribution >= 4 is 33.8 Å². The number of hydrogen-bond donors (Lipinski definition) is 3. The highest BCUT2D eigenvalue weighted by Crippen LogP contribution is 2.30. The number of carbonyl (C=O) groups is 1. The number of aromatic nitrogens is 7. The van der Waals surface area contributed by atoms with E-state index in [1.807, 2.05) is 24.3 Å². The number of anilines is 1. The number of fused-ring (bicyclic) bond motifs is 2. The van der Waals surface area contributed by atoms with E-state index in [1.54, 1.807) is 24.8 Å². The van der Waals surface area contributed by atoms with E-state index >= 15 is 0 Å². The second-order valence-electron chi connectivity index (χ2n) is 8.44. The van der Waals surface area contributed by atoms with Crippen LogP contribution in [0, 0.1) is 5.92 Å². The molecular formula is C24H22N8O. The monoisotopic (exact) mass is 438 g/mol. The Morgan fingerprint density at radius 1 is 1.00 bits per heavy atom. The highest BCUT2D eigenvalue weighted by atomic mass is 16.1. The van der Waals surface area contributed by atoms with Gasteiger partial charge in [0.05, 0.1) is 17.3 Å². The van der Waals surface area contributed by atoms with Gasteiger partial charge in [-0.05, 0) is 37.1 Å². The van der Waals surface area contributed by atoms with Gasteiger partial charge in [-0.15, -0.1) is 0 Å². The first-order chi connectivity index (χ1) is 16.2. The number of imidazole rings is 1. The summed E-state index contributed by atoms with van der Waals surface area (Å²) in [5.41, 5.74) is 5.25. The highest BCUT2D eigenvalue weighted by molar-refractivity contribution is 5.95. The number of pyridine rings is 3. The van der Waals surface area contributed by atoms with Crippen molar-refractivity contribution in [1.29, 1.82) is 0 Å². The SMILES string of the molecule is O=C(Nc1cncc(-c2cnc3[nH]nc(-c4nc5cccnc5[nH]4)c3c2)c1)C1CCCCC1. The highest BCUT2D eigenvalue weighted by Gasteiger charge is 2.21. The Labute approximate surface area is 189 Å². The molecule has 1 saturated carbocycles. The lowest BCUT2D eigenvalue weighted by Crippen LogP contribution is -2.24. The van der Waals surface area contributed by atoms with Crippen LogP contribution in [0.5, 0.6) is 0 Å². The van der Waals surface area contributed by atoms with Gasteiger partial charge in [-0.3, -0.25) is 14.9 Å². The number of amides is 1. The molecule has 6 rings (SSSR count). The molecule has 0 saturated heterocycles. The fraction of sp³-hybridized carbons (Fsp3) is 0.250. The third kappa shape index (κ3) is 3.71. The maximum absolute atomic E-state index is 12.7. The topological polar surface area (TPSA) is 125 Å². The quantitative estimate of drug-likeness (QED) is 0.380. The molecule has 0 bridgehead atoms. The van der Waals surface area contributed by atoms with E-state index in [0.717, 1.165) is 47.7 Å². The van der Waals surface area contributed by atoms with Gasteiger partial charge in [0.15, 0.2) is 17.1 Å². The molecule has 1 fully saturated rings. The minimum Gasteiger partial charge on any atom is -0.324 e. The number of nitrogens with zero attached hydrogens (tertiary/aromatic N) is 5. The summed E-state index contributed by atoms with van der Waals surface area (Å²) in [4.78, 5) is 33.7. The van der Waals surface area contributed by atoms with Gasteiger partial charge >= 0.3 is 0 Å². The van der Waals surface area contributed by atoms with Crippen LogP contribution in [0.15, 0.2) is 49.1 Å². The van der Waals surface area contributed by atoms with Crippen LogP contribution in [0.2, 0.25) is 0 Å². The minimum absolute atomic E-state index is 0.0813. The lowest BCUT2D eigenvalue weighted by atomic mass is 9.88.